The van der Waals surface area contributed by atoms with Crippen molar-refractivity contribution < 1.29 is 19.1 Å². The van der Waals surface area contributed by atoms with Crippen molar-refractivity contribution in [1.29, 1.82) is 0 Å². The molecule has 1 aliphatic rings. The lowest BCUT2D eigenvalue weighted by atomic mass is 10.4. The van der Waals surface area contributed by atoms with Gasteiger partial charge in [0.05, 0.1) is 6.54 Å². The molecule has 6 heteroatoms. The van der Waals surface area contributed by atoms with Gasteiger partial charge in [0.15, 0.2) is 5.76 Å². The fourth-order valence-corrected chi connectivity index (χ4v) is 1.99. The molecule has 2 heterocycles. The van der Waals surface area contributed by atoms with E-state index in [2.05, 4.69) is 10.2 Å². The number of carboxylic acid groups (broad SMARTS) is 1. The van der Waals surface area contributed by atoms with Gasteiger partial charge in [0, 0.05) is 0 Å². The van der Waals surface area contributed by atoms with Crippen LogP contribution in [0.15, 0.2) is 16.5 Å². The summed E-state index contributed by atoms with van der Waals surface area (Å²) in [5.41, 5.74) is 0. The summed E-state index contributed by atoms with van der Waals surface area (Å²) in [6, 6.07) is 3.33. The number of aliphatic carboxylic acids is 1. The fraction of sp³-hybridized carbons (Fsp3) is 0.500. The molecule has 0 unspecified atom stereocenters. The molecule has 6 nitrogen and oxygen atoms in total. The summed E-state index contributed by atoms with van der Waals surface area (Å²) < 4.78 is 5.39. The van der Waals surface area contributed by atoms with Crippen molar-refractivity contribution in [2.24, 2.45) is 0 Å². The van der Waals surface area contributed by atoms with Crippen LogP contribution in [0.5, 0.6) is 0 Å². The maximum atomic E-state index is 11.5. The number of carboxylic acids is 1. The highest BCUT2D eigenvalue weighted by molar-refractivity contribution is 5.93. The van der Waals surface area contributed by atoms with Crippen LogP contribution in [-0.4, -0.2) is 41.5 Å². The lowest BCUT2D eigenvalue weighted by Crippen LogP contribution is -2.28. The highest BCUT2D eigenvalue weighted by atomic mass is 16.4. The third-order valence-corrected chi connectivity index (χ3v) is 2.86. The van der Waals surface area contributed by atoms with E-state index in [1.807, 2.05) is 0 Å². The zero-order valence-electron chi connectivity index (χ0n) is 10.0. The Labute approximate surface area is 105 Å². The highest BCUT2D eigenvalue weighted by Gasteiger charge is 2.16. The van der Waals surface area contributed by atoms with E-state index in [0.29, 0.717) is 6.54 Å². The molecule has 1 aromatic heterocycles. The second-order valence-corrected chi connectivity index (χ2v) is 4.33. The minimum Gasteiger partial charge on any atom is -0.480 e. The molecule has 0 spiro atoms. The maximum Gasteiger partial charge on any atom is 0.322 e. The summed E-state index contributed by atoms with van der Waals surface area (Å²) in [5, 5.41) is 10.7. The molecule has 18 heavy (non-hydrogen) atoms. The van der Waals surface area contributed by atoms with Gasteiger partial charge in [0.1, 0.15) is 12.3 Å². The topological polar surface area (TPSA) is 82.8 Å². The normalized spacial score (nSPS) is 15.8. The molecular formula is C12H16N2O4. The Morgan fingerprint density at radius 2 is 2.06 bits per heavy atom. The summed E-state index contributed by atoms with van der Waals surface area (Å²) in [4.78, 5) is 24.1. The molecule has 0 radical (unpaired) electrons. The molecule has 98 valence electrons. The van der Waals surface area contributed by atoms with E-state index in [4.69, 9.17) is 9.52 Å². The fourth-order valence-electron chi connectivity index (χ4n) is 1.99. The van der Waals surface area contributed by atoms with Crippen LogP contribution in [-0.2, 0) is 11.3 Å². The number of nitrogens with zero attached hydrogens (tertiary/aromatic N) is 1. The van der Waals surface area contributed by atoms with Crippen molar-refractivity contribution in [3.63, 3.8) is 0 Å². The smallest absolute Gasteiger partial charge is 0.322 e. The minimum atomic E-state index is -1.08. The first-order valence-electron chi connectivity index (χ1n) is 5.96. The Hall–Kier alpha value is -1.82. The summed E-state index contributed by atoms with van der Waals surface area (Å²) in [5.74, 6) is -0.680. The van der Waals surface area contributed by atoms with Gasteiger partial charge in [-0.3, -0.25) is 14.5 Å². The Bertz CT molecular complexity index is 435. The van der Waals surface area contributed by atoms with Crippen LogP contribution in [0.3, 0.4) is 0 Å². The van der Waals surface area contributed by atoms with Crippen molar-refractivity contribution in [1.82, 2.24) is 10.2 Å². The zero-order chi connectivity index (χ0) is 13.0. The predicted octanol–water partition coefficient (Wildman–Crippen LogP) is 0.690. The quantitative estimate of drug-likeness (QED) is 0.805. The van der Waals surface area contributed by atoms with Crippen LogP contribution in [0.1, 0.15) is 29.2 Å². The number of hydrogen-bond donors (Lipinski definition) is 2. The third kappa shape index (κ3) is 3.33. The van der Waals surface area contributed by atoms with Crippen molar-refractivity contribution >= 4 is 11.9 Å². The summed E-state index contributed by atoms with van der Waals surface area (Å²) in [6.45, 7) is 2.41. The number of likely N-dealkylation sites (tertiary alicyclic amines) is 1. The molecule has 1 amide bonds. The zero-order valence-corrected chi connectivity index (χ0v) is 10.0. The first kappa shape index (κ1) is 12.6. The van der Waals surface area contributed by atoms with Gasteiger partial charge >= 0.3 is 5.97 Å². The van der Waals surface area contributed by atoms with Crippen LogP contribution < -0.4 is 5.32 Å². The molecule has 0 saturated carbocycles. The van der Waals surface area contributed by atoms with Gasteiger partial charge in [0.25, 0.3) is 5.91 Å². The average molecular weight is 252 g/mol. The molecule has 2 rings (SSSR count). The van der Waals surface area contributed by atoms with E-state index in [1.165, 1.54) is 12.8 Å². The van der Waals surface area contributed by atoms with Gasteiger partial charge in [-0.25, -0.2) is 0 Å². The second kappa shape index (κ2) is 5.68. The van der Waals surface area contributed by atoms with E-state index in [0.717, 1.165) is 18.8 Å². The van der Waals surface area contributed by atoms with Gasteiger partial charge < -0.3 is 14.8 Å². The molecule has 0 atom stereocenters. The average Bonchev–Trinajstić information content (AvgIpc) is 2.98. The molecule has 2 N–H and O–H groups in total. The van der Waals surface area contributed by atoms with Gasteiger partial charge in [-0.05, 0) is 38.1 Å². The van der Waals surface area contributed by atoms with Crippen molar-refractivity contribution in [2.75, 3.05) is 19.6 Å². The van der Waals surface area contributed by atoms with Crippen LogP contribution in [0.2, 0.25) is 0 Å². The number of carbonyl (C=O) groups excluding carboxylic acids is 1. The van der Waals surface area contributed by atoms with E-state index in [9.17, 15) is 9.59 Å². The van der Waals surface area contributed by atoms with Crippen molar-refractivity contribution in [2.45, 2.75) is 19.4 Å². The van der Waals surface area contributed by atoms with Gasteiger partial charge in [-0.1, -0.05) is 0 Å². The summed E-state index contributed by atoms with van der Waals surface area (Å²) in [6.07, 6.45) is 2.40. The number of amides is 1. The molecule has 0 aliphatic carbocycles. The third-order valence-electron chi connectivity index (χ3n) is 2.86. The first-order chi connectivity index (χ1) is 8.65. The van der Waals surface area contributed by atoms with Crippen molar-refractivity contribution in [3.05, 3.63) is 23.7 Å². The minimum absolute atomic E-state index is 0.158. The lowest BCUT2D eigenvalue weighted by Gasteiger charge is -2.11. The Kier molecular flexibility index (Phi) is 3.99. The largest absolute Gasteiger partial charge is 0.480 e. The van der Waals surface area contributed by atoms with Crippen molar-refractivity contribution in [3.8, 4) is 0 Å². The molecule has 0 aromatic carbocycles. The molecule has 1 saturated heterocycles. The maximum absolute atomic E-state index is 11.5. The summed E-state index contributed by atoms with van der Waals surface area (Å²) >= 11 is 0. The lowest BCUT2D eigenvalue weighted by molar-refractivity contribution is -0.135. The number of carbonyl (C=O) groups is 2. The van der Waals surface area contributed by atoms with E-state index >= 15 is 0 Å². The standard InChI is InChI=1S/C12H16N2O4/c15-11(16)7-13-12(17)10-4-3-9(18-10)8-14-5-1-2-6-14/h3-4H,1-2,5-8H2,(H,13,17)(H,15,16). The Morgan fingerprint density at radius 3 is 2.72 bits per heavy atom. The number of furan rings is 1. The van der Waals surface area contributed by atoms with Crippen LogP contribution in [0.4, 0.5) is 0 Å². The monoisotopic (exact) mass is 252 g/mol. The van der Waals surface area contributed by atoms with E-state index in [1.54, 1.807) is 12.1 Å². The van der Waals surface area contributed by atoms with Gasteiger partial charge in [0.2, 0.25) is 0 Å². The Balaban J connectivity index is 1.88. The second-order valence-electron chi connectivity index (χ2n) is 4.33. The van der Waals surface area contributed by atoms with Gasteiger partial charge in [-0.15, -0.1) is 0 Å². The van der Waals surface area contributed by atoms with Crippen LogP contribution in [0.25, 0.3) is 0 Å². The van der Waals surface area contributed by atoms with Crippen LogP contribution in [0, 0.1) is 0 Å². The highest BCUT2D eigenvalue weighted by Crippen LogP contribution is 2.15. The number of nitrogens with one attached hydrogen (secondary N) is 1. The summed E-state index contributed by atoms with van der Waals surface area (Å²) in [7, 11) is 0. The predicted molar refractivity (Wildman–Crippen MR) is 63.2 cm³/mol. The Morgan fingerprint density at radius 1 is 1.33 bits per heavy atom. The SMILES string of the molecule is O=C(O)CNC(=O)c1ccc(CN2CCCC2)o1. The molecule has 0 bridgehead atoms. The first-order valence-corrected chi connectivity index (χ1v) is 5.96. The number of hydrogen-bond acceptors (Lipinski definition) is 4. The van der Waals surface area contributed by atoms with E-state index < -0.39 is 18.4 Å². The molecular weight excluding hydrogens is 236 g/mol. The molecule has 1 aliphatic heterocycles. The molecule has 1 aromatic rings. The van der Waals surface area contributed by atoms with E-state index in [-0.39, 0.29) is 5.76 Å². The van der Waals surface area contributed by atoms with Gasteiger partial charge in [-0.2, -0.15) is 0 Å². The molecule has 1 fully saturated rings. The number of rotatable bonds is 5. The van der Waals surface area contributed by atoms with Crippen LogP contribution >= 0.6 is 0 Å².